The molecule has 150 valence electrons. The van der Waals surface area contributed by atoms with Crippen LogP contribution < -0.4 is 4.90 Å². The number of imidazole rings is 1. The van der Waals surface area contributed by atoms with E-state index in [1.807, 2.05) is 47.4 Å². The van der Waals surface area contributed by atoms with Crippen molar-refractivity contribution >= 4 is 34.2 Å². The average Bonchev–Trinajstić information content (AvgIpc) is 3.30. The molecule has 30 heavy (non-hydrogen) atoms. The first-order chi connectivity index (χ1) is 14.6. The molecular weight excluding hydrogens is 394 g/mol. The molecule has 0 radical (unpaired) electrons. The third-order valence-electron chi connectivity index (χ3n) is 5.74. The molecule has 5 heteroatoms. The van der Waals surface area contributed by atoms with E-state index in [1.54, 1.807) is 0 Å². The van der Waals surface area contributed by atoms with Gasteiger partial charge in [-0.2, -0.15) is 0 Å². The molecule has 0 bridgehead atoms. The Kier molecular flexibility index (Phi) is 4.80. The number of hydrogen-bond donors (Lipinski definition) is 0. The van der Waals surface area contributed by atoms with Crippen LogP contribution in [-0.4, -0.2) is 22.0 Å². The predicted octanol–water partition coefficient (Wildman–Crippen LogP) is 5.57. The van der Waals surface area contributed by atoms with Gasteiger partial charge in [0, 0.05) is 36.1 Å². The van der Waals surface area contributed by atoms with E-state index in [9.17, 15) is 4.79 Å². The summed E-state index contributed by atoms with van der Waals surface area (Å²) in [5, 5.41) is 0.668. The Labute approximate surface area is 180 Å². The molecule has 0 aliphatic carbocycles. The number of carbonyl (C=O) groups excluding carboxylic acids is 1. The van der Waals surface area contributed by atoms with Gasteiger partial charge in [-0.25, -0.2) is 4.98 Å². The number of carbonyl (C=O) groups is 1. The molecule has 1 amide bonds. The fraction of sp³-hybridized carbons (Fsp3) is 0.200. The van der Waals surface area contributed by atoms with Crippen LogP contribution in [0.25, 0.3) is 11.0 Å². The van der Waals surface area contributed by atoms with Crippen molar-refractivity contribution < 1.29 is 4.79 Å². The molecule has 4 aromatic rings. The summed E-state index contributed by atoms with van der Waals surface area (Å²) in [6.07, 6.45) is 0.458. The van der Waals surface area contributed by atoms with E-state index in [1.165, 1.54) is 11.1 Å². The highest BCUT2D eigenvalue weighted by Gasteiger charge is 2.34. The van der Waals surface area contributed by atoms with Gasteiger partial charge in [0.25, 0.3) is 0 Å². The van der Waals surface area contributed by atoms with Crippen LogP contribution in [0.15, 0.2) is 72.8 Å². The topological polar surface area (TPSA) is 38.1 Å². The Bertz CT molecular complexity index is 1230. The third kappa shape index (κ3) is 3.48. The zero-order valence-corrected chi connectivity index (χ0v) is 17.5. The van der Waals surface area contributed by atoms with Gasteiger partial charge in [-0.1, -0.05) is 53.6 Å². The van der Waals surface area contributed by atoms with E-state index in [2.05, 4.69) is 41.8 Å². The van der Waals surface area contributed by atoms with Gasteiger partial charge in [0.05, 0.1) is 11.0 Å². The van der Waals surface area contributed by atoms with Crippen molar-refractivity contribution in [3.8, 4) is 0 Å². The van der Waals surface area contributed by atoms with Crippen molar-refractivity contribution in [2.75, 3.05) is 11.4 Å². The van der Waals surface area contributed by atoms with Crippen LogP contribution in [0.1, 0.15) is 29.3 Å². The first-order valence-corrected chi connectivity index (χ1v) is 10.5. The molecule has 1 atom stereocenters. The van der Waals surface area contributed by atoms with Gasteiger partial charge in [0.15, 0.2) is 0 Å². The molecule has 0 saturated carbocycles. The summed E-state index contributed by atoms with van der Waals surface area (Å²) in [5.74, 6) is 1.14. The lowest BCUT2D eigenvalue weighted by atomic mass is 10.1. The zero-order valence-electron chi connectivity index (χ0n) is 16.8. The van der Waals surface area contributed by atoms with Gasteiger partial charge in [0.1, 0.15) is 5.82 Å². The largest absolute Gasteiger partial charge is 0.323 e. The van der Waals surface area contributed by atoms with E-state index in [-0.39, 0.29) is 11.8 Å². The molecule has 0 spiro atoms. The molecule has 1 aliphatic rings. The summed E-state index contributed by atoms with van der Waals surface area (Å²) >= 11 is 6.02. The van der Waals surface area contributed by atoms with E-state index >= 15 is 0 Å². The number of halogens is 1. The van der Waals surface area contributed by atoms with Crippen LogP contribution in [0.3, 0.4) is 0 Å². The normalized spacial score (nSPS) is 16.5. The Balaban J connectivity index is 1.52. The van der Waals surface area contributed by atoms with Gasteiger partial charge in [-0.05, 0) is 48.9 Å². The molecule has 1 fully saturated rings. The van der Waals surface area contributed by atoms with E-state index < -0.39 is 0 Å². The van der Waals surface area contributed by atoms with E-state index in [4.69, 9.17) is 16.6 Å². The lowest BCUT2D eigenvalue weighted by Gasteiger charge is -2.17. The quantitative estimate of drug-likeness (QED) is 0.437. The number of amides is 1. The number of anilines is 1. The SMILES string of the molecule is Cc1cccc(Cn2c([C@@H]3CC(=O)N(c4ccc(Cl)cc4)C3)nc3ccccc32)c1. The Morgan fingerprint density at radius 1 is 1.03 bits per heavy atom. The maximum Gasteiger partial charge on any atom is 0.227 e. The van der Waals surface area contributed by atoms with Crippen molar-refractivity contribution in [3.05, 3.63) is 94.8 Å². The van der Waals surface area contributed by atoms with Gasteiger partial charge in [0.2, 0.25) is 5.91 Å². The minimum absolute atomic E-state index is 0.0467. The van der Waals surface area contributed by atoms with Crippen LogP contribution in [-0.2, 0) is 11.3 Å². The lowest BCUT2D eigenvalue weighted by Crippen LogP contribution is -2.24. The average molecular weight is 416 g/mol. The highest BCUT2D eigenvalue weighted by Crippen LogP contribution is 2.34. The van der Waals surface area contributed by atoms with Gasteiger partial charge in [-0.3, -0.25) is 4.79 Å². The van der Waals surface area contributed by atoms with Gasteiger partial charge < -0.3 is 9.47 Å². The smallest absolute Gasteiger partial charge is 0.227 e. The van der Waals surface area contributed by atoms with Crippen LogP contribution in [0.5, 0.6) is 0 Å². The number of aromatic nitrogens is 2. The number of fused-ring (bicyclic) bond motifs is 1. The highest BCUT2D eigenvalue weighted by molar-refractivity contribution is 6.30. The number of hydrogen-bond acceptors (Lipinski definition) is 2. The highest BCUT2D eigenvalue weighted by atomic mass is 35.5. The van der Waals surface area contributed by atoms with Crippen molar-refractivity contribution in [1.29, 1.82) is 0 Å². The van der Waals surface area contributed by atoms with Gasteiger partial charge >= 0.3 is 0 Å². The molecule has 1 saturated heterocycles. The second-order valence-corrected chi connectivity index (χ2v) is 8.35. The third-order valence-corrected chi connectivity index (χ3v) is 5.99. The van der Waals surface area contributed by atoms with Crippen molar-refractivity contribution in [3.63, 3.8) is 0 Å². The summed E-state index contributed by atoms with van der Waals surface area (Å²) in [6.45, 7) is 3.47. The van der Waals surface area contributed by atoms with Crippen LogP contribution in [0.2, 0.25) is 5.02 Å². The molecule has 0 N–H and O–H groups in total. The van der Waals surface area contributed by atoms with Crippen molar-refractivity contribution in [2.45, 2.75) is 25.8 Å². The molecule has 0 unspecified atom stereocenters. The minimum atomic E-state index is 0.0467. The summed E-state index contributed by atoms with van der Waals surface area (Å²) in [4.78, 5) is 19.6. The molecule has 3 aromatic carbocycles. The molecule has 2 heterocycles. The molecule has 1 aromatic heterocycles. The molecule has 5 rings (SSSR count). The van der Waals surface area contributed by atoms with Crippen LogP contribution in [0.4, 0.5) is 5.69 Å². The number of benzene rings is 3. The summed E-state index contributed by atoms with van der Waals surface area (Å²) in [5.41, 5.74) is 5.43. The Morgan fingerprint density at radius 2 is 1.83 bits per heavy atom. The summed E-state index contributed by atoms with van der Waals surface area (Å²) < 4.78 is 2.27. The molecule has 4 nitrogen and oxygen atoms in total. The first-order valence-electron chi connectivity index (χ1n) is 10.1. The summed E-state index contributed by atoms with van der Waals surface area (Å²) in [7, 11) is 0. The standard InChI is InChI=1S/C25H22ClN3O/c1-17-5-4-6-18(13-17)15-29-23-8-3-2-7-22(23)27-25(29)19-14-24(30)28(16-19)21-11-9-20(26)10-12-21/h2-13,19H,14-16H2,1H3/t19-/m1/s1. The van der Waals surface area contributed by atoms with Crippen molar-refractivity contribution in [1.82, 2.24) is 9.55 Å². The fourth-order valence-corrected chi connectivity index (χ4v) is 4.44. The van der Waals surface area contributed by atoms with E-state index in [0.29, 0.717) is 18.0 Å². The number of nitrogens with zero attached hydrogens (tertiary/aromatic N) is 3. The Morgan fingerprint density at radius 3 is 2.63 bits per heavy atom. The maximum absolute atomic E-state index is 12.8. The monoisotopic (exact) mass is 415 g/mol. The molecule has 1 aliphatic heterocycles. The first kappa shape index (κ1) is 18.9. The van der Waals surface area contributed by atoms with Crippen molar-refractivity contribution in [2.24, 2.45) is 0 Å². The Hall–Kier alpha value is -3.11. The van der Waals surface area contributed by atoms with E-state index in [0.717, 1.165) is 29.1 Å². The second kappa shape index (κ2) is 7.62. The fourth-order valence-electron chi connectivity index (χ4n) is 4.32. The van der Waals surface area contributed by atoms with Gasteiger partial charge in [-0.15, -0.1) is 0 Å². The zero-order chi connectivity index (χ0) is 20.7. The summed E-state index contributed by atoms with van der Waals surface area (Å²) in [6, 6.07) is 24.2. The number of para-hydroxylation sites is 2. The number of rotatable bonds is 4. The minimum Gasteiger partial charge on any atom is -0.323 e. The van der Waals surface area contributed by atoms with Crippen LogP contribution >= 0.6 is 11.6 Å². The predicted molar refractivity (Wildman–Crippen MR) is 121 cm³/mol. The maximum atomic E-state index is 12.8. The van der Waals surface area contributed by atoms with Crippen LogP contribution in [0, 0.1) is 6.92 Å². The second-order valence-electron chi connectivity index (χ2n) is 7.92. The molecular formula is C25H22ClN3O. The lowest BCUT2D eigenvalue weighted by molar-refractivity contribution is -0.117. The number of aryl methyl sites for hydroxylation is 1.